The van der Waals surface area contributed by atoms with Crippen LogP contribution in [0.3, 0.4) is 0 Å². The fraction of sp³-hybridized carbons (Fsp3) is 0.529. The third kappa shape index (κ3) is 7.52. The minimum atomic E-state index is 0.473. The van der Waals surface area contributed by atoms with Crippen LogP contribution in [-0.4, -0.2) is 54.5 Å². The van der Waals surface area contributed by atoms with Crippen molar-refractivity contribution >= 4 is 40.3 Å². The van der Waals surface area contributed by atoms with Crippen LogP contribution < -0.4 is 21.5 Å². The quantitative estimate of drug-likeness (QED) is 0.349. The standard InChI is InChI=1S/C17H27N5OS2/c1-13-4-5-15(12-14(13)2)19-17(25)21-20-16(24)18-6-3-7-22-8-10-23-11-9-22/h4-5,12H,3,6-11H2,1-2H3,(H2,18,20,24)(H2,19,21,25). The highest BCUT2D eigenvalue weighted by Gasteiger charge is 2.09. The molecule has 138 valence electrons. The number of benzene rings is 1. The molecular formula is C17H27N5OS2. The molecule has 8 heteroatoms. The summed E-state index contributed by atoms with van der Waals surface area (Å²) in [6.45, 7) is 9.74. The van der Waals surface area contributed by atoms with E-state index in [2.05, 4.69) is 52.4 Å². The first-order chi connectivity index (χ1) is 12.0. The third-order valence-electron chi connectivity index (χ3n) is 4.09. The predicted octanol–water partition coefficient (Wildman–Crippen LogP) is 1.69. The number of hydrogen-bond acceptors (Lipinski definition) is 4. The molecule has 25 heavy (non-hydrogen) atoms. The number of aryl methyl sites for hydroxylation is 2. The van der Waals surface area contributed by atoms with Crippen LogP contribution >= 0.6 is 24.4 Å². The van der Waals surface area contributed by atoms with E-state index in [9.17, 15) is 0 Å². The summed E-state index contributed by atoms with van der Waals surface area (Å²) in [6, 6.07) is 6.12. The van der Waals surface area contributed by atoms with Gasteiger partial charge in [-0.15, -0.1) is 0 Å². The normalized spacial score (nSPS) is 14.6. The molecule has 1 aliphatic rings. The summed E-state index contributed by atoms with van der Waals surface area (Å²) in [5.41, 5.74) is 9.22. The Kier molecular flexibility index (Phi) is 8.33. The Balaban J connectivity index is 1.57. The lowest BCUT2D eigenvalue weighted by atomic mass is 10.1. The Bertz CT molecular complexity index is 590. The molecule has 0 aliphatic carbocycles. The molecule has 0 unspecified atom stereocenters. The Morgan fingerprint density at radius 2 is 1.80 bits per heavy atom. The first kappa shape index (κ1) is 19.8. The van der Waals surface area contributed by atoms with Crippen LogP contribution in [0, 0.1) is 13.8 Å². The van der Waals surface area contributed by atoms with E-state index in [0.29, 0.717) is 10.2 Å². The topological polar surface area (TPSA) is 60.6 Å². The molecule has 0 aromatic heterocycles. The van der Waals surface area contributed by atoms with Gasteiger partial charge in [0.15, 0.2) is 10.2 Å². The SMILES string of the molecule is Cc1ccc(NC(=S)NNC(=S)NCCCN2CCOCC2)cc1C. The van der Waals surface area contributed by atoms with Crippen molar-refractivity contribution in [3.05, 3.63) is 29.3 Å². The van der Waals surface area contributed by atoms with Gasteiger partial charge in [0.05, 0.1) is 13.2 Å². The van der Waals surface area contributed by atoms with Gasteiger partial charge in [0.25, 0.3) is 0 Å². The summed E-state index contributed by atoms with van der Waals surface area (Å²) in [4.78, 5) is 2.41. The van der Waals surface area contributed by atoms with E-state index in [0.717, 1.165) is 51.5 Å². The van der Waals surface area contributed by atoms with E-state index in [1.54, 1.807) is 0 Å². The van der Waals surface area contributed by atoms with Gasteiger partial charge in [0, 0.05) is 25.3 Å². The smallest absolute Gasteiger partial charge is 0.189 e. The minimum Gasteiger partial charge on any atom is -0.379 e. The zero-order chi connectivity index (χ0) is 18.1. The molecule has 1 aromatic carbocycles. The number of morpholine rings is 1. The largest absolute Gasteiger partial charge is 0.379 e. The lowest BCUT2D eigenvalue weighted by Crippen LogP contribution is -2.48. The summed E-state index contributed by atoms with van der Waals surface area (Å²) in [6.07, 6.45) is 1.03. The number of hydrazine groups is 1. The molecule has 1 heterocycles. The van der Waals surface area contributed by atoms with Gasteiger partial charge in [-0.1, -0.05) is 6.07 Å². The van der Waals surface area contributed by atoms with Gasteiger partial charge in [0.1, 0.15) is 0 Å². The molecule has 1 saturated heterocycles. The zero-order valence-corrected chi connectivity index (χ0v) is 16.5. The highest BCUT2D eigenvalue weighted by Crippen LogP contribution is 2.13. The number of nitrogens with zero attached hydrogens (tertiary/aromatic N) is 1. The molecule has 2 rings (SSSR count). The second-order valence-corrected chi connectivity index (χ2v) is 6.88. The molecule has 1 aromatic rings. The van der Waals surface area contributed by atoms with Crippen molar-refractivity contribution in [3.8, 4) is 0 Å². The van der Waals surface area contributed by atoms with Crippen molar-refractivity contribution < 1.29 is 4.74 Å². The Morgan fingerprint density at radius 3 is 2.52 bits per heavy atom. The lowest BCUT2D eigenvalue weighted by Gasteiger charge is -2.26. The summed E-state index contributed by atoms with van der Waals surface area (Å²) in [7, 11) is 0. The molecular weight excluding hydrogens is 354 g/mol. The maximum Gasteiger partial charge on any atom is 0.189 e. The number of ether oxygens (including phenoxy) is 1. The van der Waals surface area contributed by atoms with Crippen LogP contribution in [0.1, 0.15) is 17.5 Å². The first-order valence-electron chi connectivity index (χ1n) is 8.53. The molecule has 1 aliphatic heterocycles. The van der Waals surface area contributed by atoms with E-state index < -0.39 is 0 Å². The van der Waals surface area contributed by atoms with E-state index in [4.69, 9.17) is 29.2 Å². The highest BCUT2D eigenvalue weighted by molar-refractivity contribution is 7.80. The molecule has 1 fully saturated rings. The van der Waals surface area contributed by atoms with Crippen LogP contribution in [0.25, 0.3) is 0 Å². The fourth-order valence-electron chi connectivity index (χ4n) is 2.47. The molecule has 4 N–H and O–H groups in total. The summed E-state index contributed by atoms with van der Waals surface area (Å²) < 4.78 is 5.34. The molecule has 0 amide bonds. The molecule has 0 radical (unpaired) electrons. The van der Waals surface area contributed by atoms with Gasteiger partial charge >= 0.3 is 0 Å². The number of thiocarbonyl (C=S) groups is 2. The second-order valence-electron chi connectivity index (χ2n) is 6.07. The van der Waals surface area contributed by atoms with Gasteiger partial charge in [-0.05, 0) is 74.5 Å². The van der Waals surface area contributed by atoms with Crippen molar-refractivity contribution in [2.45, 2.75) is 20.3 Å². The predicted molar refractivity (Wildman–Crippen MR) is 111 cm³/mol. The van der Waals surface area contributed by atoms with Crippen LogP contribution in [0.4, 0.5) is 5.69 Å². The lowest BCUT2D eigenvalue weighted by molar-refractivity contribution is 0.0376. The Morgan fingerprint density at radius 1 is 1.08 bits per heavy atom. The van der Waals surface area contributed by atoms with Crippen LogP contribution in [0.2, 0.25) is 0 Å². The molecule has 6 nitrogen and oxygen atoms in total. The van der Waals surface area contributed by atoms with Crippen molar-refractivity contribution in [1.82, 2.24) is 21.1 Å². The second kappa shape index (κ2) is 10.5. The van der Waals surface area contributed by atoms with E-state index in [1.165, 1.54) is 11.1 Å². The summed E-state index contributed by atoms with van der Waals surface area (Å²) >= 11 is 10.5. The van der Waals surface area contributed by atoms with Crippen molar-refractivity contribution in [2.75, 3.05) is 44.7 Å². The van der Waals surface area contributed by atoms with Gasteiger partial charge in [-0.25, -0.2) is 0 Å². The zero-order valence-electron chi connectivity index (χ0n) is 14.9. The van der Waals surface area contributed by atoms with Crippen molar-refractivity contribution in [3.63, 3.8) is 0 Å². The number of nitrogens with one attached hydrogen (secondary N) is 4. The average molecular weight is 382 g/mol. The van der Waals surface area contributed by atoms with Crippen LogP contribution in [0.5, 0.6) is 0 Å². The molecule has 0 spiro atoms. The summed E-state index contributed by atoms with van der Waals surface area (Å²) in [5.74, 6) is 0. The van der Waals surface area contributed by atoms with Gasteiger partial charge in [-0.3, -0.25) is 15.8 Å². The maximum absolute atomic E-state index is 5.34. The van der Waals surface area contributed by atoms with E-state index >= 15 is 0 Å². The van der Waals surface area contributed by atoms with Gasteiger partial charge < -0.3 is 15.4 Å². The molecule has 0 atom stereocenters. The van der Waals surface area contributed by atoms with Crippen LogP contribution in [0.15, 0.2) is 18.2 Å². The first-order valence-corrected chi connectivity index (χ1v) is 9.34. The van der Waals surface area contributed by atoms with Crippen molar-refractivity contribution in [2.24, 2.45) is 0 Å². The van der Waals surface area contributed by atoms with E-state index in [1.807, 2.05) is 6.07 Å². The number of rotatable bonds is 5. The maximum atomic E-state index is 5.34. The van der Waals surface area contributed by atoms with Crippen molar-refractivity contribution in [1.29, 1.82) is 0 Å². The third-order valence-corrected chi connectivity index (χ3v) is 4.55. The fourth-order valence-corrected chi connectivity index (χ4v) is 2.79. The average Bonchev–Trinajstić information content (AvgIpc) is 2.61. The number of hydrogen-bond donors (Lipinski definition) is 4. The van der Waals surface area contributed by atoms with E-state index in [-0.39, 0.29) is 0 Å². The Hall–Kier alpha value is -1.48. The number of anilines is 1. The molecule has 0 saturated carbocycles. The van der Waals surface area contributed by atoms with Crippen LogP contribution in [-0.2, 0) is 4.74 Å². The van der Waals surface area contributed by atoms with Gasteiger partial charge in [-0.2, -0.15) is 0 Å². The summed E-state index contributed by atoms with van der Waals surface area (Å²) in [5, 5.41) is 7.30. The molecule has 0 bridgehead atoms. The monoisotopic (exact) mass is 381 g/mol. The highest BCUT2D eigenvalue weighted by atomic mass is 32.1. The van der Waals surface area contributed by atoms with Gasteiger partial charge in [0.2, 0.25) is 0 Å². The minimum absolute atomic E-state index is 0.473. The Labute approximate surface area is 160 Å².